The van der Waals surface area contributed by atoms with Crippen molar-refractivity contribution >= 4 is 11.8 Å². The van der Waals surface area contributed by atoms with E-state index in [1.165, 1.54) is 12.6 Å². The van der Waals surface area contributed by atoms with Crippen molar-refractivity contribution in [2.24, 2.45) is 5.18 Å². The molecule has 7 heteroatoms. The number of hydrogen-bond donors (Lipinski definition) is 2. The maximum absolute atomic E-state index is 12.7. The molecule has 0 saturated carbocycles. The number of rotatable bonds is 8. The van der Waals surface area contributed by atoms with E-state index in [2.05, 4.69) is 61.9 Å². The SMILES string of the molecule is C=CCCc1ccc(-n2nc(C(C)(C)C)cc2NC(=O)NC(/C=C\C(=C)C)=C/C)cc1.CN=O. The van der Waals surface area contributed by atoms with Crippen molar-refractivity contribution in [2.45, 2.75) is 52.9 Å². The van der Waals surface area contributed by atoms with E-state index >= 15 is 0 Å². The summed E-state index contributed by atoms with van der Waals surface area (Å²) in [5.41, 5.74) is 4.47. The number of carbonyl (C=O) groups is 1. The lowest BCUT2D eigenvalue weighted by molar-refractivity contribution is 0.254. The van der Waals surface area contributed by atoms with Crippen LogP contribution in [-0.2, 0) is 11.8 Å². The third-order valence-electron chi connectivity index (χ3n) is 4.65. The van der Waals surface area contributed by atoms with Crippen LogP contribution in [0.5, 0.6) is 0 Å². The molecule has 1 aromatic heterocycles. The summed E-state index contributed by atoms with van der Waals surface area (Å²) in [5, 5.41) is 12.8. The molecule has 2 amide bonds. The highest BCUT2D eigenvalue weighted by molar-refractivity contribution is 5.90. The highest BCUT2D eigenvalue weighted by atomic mass is 16.2. The quantitative estimate of drug-likeness (QED) is 0.255. The molecule has 2 aromatic rings. The van der Waals surface area contributed by atoms with Gasteiger partial charge >= 0.3 is 6.03 Å². The molecule has 0 saturated heterocycles. The first kappa shape index (κ1) is 28.3. The van der Waals surface area contributed by atoms with Crippen LogP contribution in [0.2, 0.25) is 0 Å². The molecule has 0 fully saturated rings. The Morgan fingerprint density at radius 2 is 1.82 bits per heavy atom. The van der Waals surface area contributed by atoms with E-state index in [0.29, 0.717) is 11.5 Å². The van der Waals surface area contributed by atoms with Crippen LogP contribution in [0.3, 0.4) is 0 Å². The number of allylic oxidation sites excluding steroid dienone is 5. The molecule has 0 atom stereocenters. The molecule has 7 nitrogen and oxygen atoms in total. The second-order valence-electron chi connectivity index (χ2n) is 8.76. The van der Waals surface area contributed by atoms with Crippen molar-refractivity contribution in [1.29, 1.82) is 0 Å². The Balaban J connectivity index is 0.00000182. The van der Waals surface area contributed by atoms with Crippen molar-refractivity contribution in [1.82, 2.24) is 15.1 Å². The molecule has 0 aliphatic carbocycles. The first-order chi connectivity index (χ1) is 16.0. The lowest BCUT2D eigenvalue weighted by Gasteiger charge is -2.14. The van der Waals surface area contributed by atoms with Crippen molar-refractivity contribution < 1.29 is 4.79 Å². The number of anilines is 1. The average molecular weight is 464 g/mol. The van der Waals surface area contributed by atoms with Crippen molar-refractivity contribution in [3.63, 3.8) is 0 Å². The van der Waals surface area contributed by atoms with Gasteiger partial charge in [0.1, 0.15) is 5.82 Å². The molecule has 0 radical (unpaired) electrons. The highest BCUT2D eigenvalue weighted by Crippen LogP contribution is 2.26. The third-order valence-corrected chi connectivity index (χ3v) is 4.65. The summed E-state index contributed by atoms with van der Waals surface area (Å²) in [5.74, 6) is 0.612. The number of benzene rings is 1. The van der Waals surface area contributed by atoms with Crippen LogP contribution < -0.4 is 10.6 Å². The maximum atomic E-state index is 12.7. The number of aryl methyl sites for hydroxylation is 1. The van der Waals surface area contributed by atoms with E-state index in [-0.39, 0.29) is 11.4 Å². The molecule has 34 heavy (non-hydrogen) atoms. The molecule has 0 aliphatic heterocycles. The fourth-order valence-corrected chi connectivity index (χ4v) is 2.83. The predicted molar refractivity (Wildman–Crippen MR) is 142 cm³/mol. The van der Waals surface area contributed by atoms with Crippen molar-refractivity contribution in [3.05, 3.63) is 95.2 Å². The van der Waals surface area contributed by atoms with E-state index in [4.69, 9.17) is 10.0 Å². The average Bonchev–Trinajstić information content (AvgIpc) is 3.20. The van der Waals surface area contributed by atoms with Crippen LogP contribution in [0.25, 0.3) is 5.69 Å². The second kappa shape index (κ2) is 13.7. The molecular weight excluding hydrogens is 426 g/mol. The van der Waals surface area contributed by atoms with Gasteiger partial charge < -0.3 is 5.32 Å². The van der Waals surface area contributed by atoms with E-state index in [0.717, 1.165) is 29.8 Å². The van der Waals surface area contributed by atoms with Crippen LogP contribution in [-0.4, -0.2) is 22.9 Å². The monoisotopic (exact) mass is 463 g/mol. The van der Waals surface area contributed by atoms with Crippen molar-refractivity contribution in [3.8, 4) is 5.69 Å². The Labute approximate surface area is 203 Å². The Morgan fingerprint density at radius 1 is 1.21 bits per heavy atom. The smallest absolute Gasteiger partial charge is 0.308 e. The van der Waals surface area contributed by atoms with Gasteiger partial charge in [-0.1, -0.05) is 68.5 Å². The summed E-state index contributed by atoms with van der Waals surface area (Å²) >= 11 is 0. The number of nitroso groups, excluding NO2 is 1. The van der Waals surface area contributed by atoms with Crippen LogP contribution in [0.1, 0.15) is 52.3 Å². The van der Waals surface area contributed by atoms with Gasteiger partial charge in [-0.25, -0.2) is 9.48 Å². The molecule has 2 N–H and O–H groups in total. The number of aromatic nitrogens is 2. The van der Waals surface area contributed by atoms with Crippen LogP contribution in [0.15, 0.2) is 84.2 Å². The summed E-state index contributed by atoms with van der Waals surface area (Å²) in [4.78, 5) is 21.2. The highest BCUT2D eigenvalue weighted by Gasteiger charge is 2.21. The molecule has 0 unspecified atom stereocenters. The lowest BCUT2D eigenvalue weighted by Crippen LogP contribution is -2.28. The maximum Gasteiger partial charge on any atom is 0.324 e. The number of urea groups is 1. The molecule has 0 spiro atoms. The van der Waals surface area contributed by atoms with Gasteiger partial charge in [0.05, 0.1) is 18.4 Å². The van der Waals surface area contributed by atoms with Gasteiger partial charge in [-0.15, -0.1) is 6.58 Å². The van der Waals surface area contributed by atoms with Crippen LogP contribution in [0, 0.1) is 4.91 Å². The van der Waals surface area contributed by atoms with Gasteiger partial charge in [0.25, 0.3) is 0 Å². The zero-order valence-electron chi connectivity index (χ0n) is 21.2. The van der Waals surface area contributed by atoms with E-state index in [9.17, 15) is 4.79 Å². The molecule has 0 bridgehead atoms. The summed E-state index contributed by atoms with van der Waals surface area (Å²) in [7, 11) is 1.19. The standard InChI is InChI=1S/C26H34N4O.CH3NO/c1-8-10-11-20-13-16-22(17-14-20)30-24(18-23(29-30)26(5,6)7)28-25(31)27-21(9-2)15-12-19(3)4;1-2-3/h8-9,12-18H,1,3,10-11H2,2,4-7H3,(H2,27,28,31);1H3/b15-12-,21-9+;. The predicted octanol–water partition coefficient (Wildman–Crippen LogP) is 6.83. The first-order valence-electron chi connectivity index (χ1n) is 11.2. The van der Waals surface area contributed by atoms with Crippen LogP contribution >= 0.6 is 0 Å². The van der Waals surface area contributed by atoms with E-state index < -0.39 is 0 Å². The van der Waals surface area contributed by atoms with Gasteiger partial charge in [-0.3, -0.25) is 5.32 Å². The molecule has 0 aliphatic rings. The Morgan fingerprint density at radius 3 is 2.32 bits per heavy atom. The third kappa shape index (κ3) is 9.40. The summed E-state index contributed by atoms with van der Waals surface area (Å²) in [6.07, 6.45) is 9.32. The number of amides is 2. The van der Waals surface area contributed by atoms with Gasteiger partial charge in [-0.05, 0) is 50.5 Å². The molecular formula is C27H37N5O2. The minimum absolute atomic E-state index is 0.152. The number of nitrogens with zero attached hydrogens (tertiary/aromatic N) is 3. The van der Waals surface area contributed by atoms with Crippen molar-refractivity contribution in [2.75, 3.05) is 12.4 Å². The fraction of sp³-hybridized carbons (Fsp3) is 0.333. The topological polar surface area (TPSA) is 88.4 Å². The van der Waals surface area contributed by atoms with Crippen LogP contribution in [0.4, 0.5) is 10.6 Å². The Hall–Kier alpha value is -3.74. The van der Waals surface area contributed by atoms with Gasteiger partial charge in [0, 0.05) is 17.2 Å². The Kier molecular flexibility index (Phi) is 11.4. The zero-order chi connectivity index (χ0) is 25.7. The van der Waals surface area contributed by atoms with E-state index in [1.807, 2.05) is 56.4 Å². The summed E-state index contributed by atoms with van der Waals surface area (Å²) in [6.45, 7) is 17.7. The lowest BCUT2D eigenvalue weighted by atomic mass is 9.92. The fourth-order valence-electron chi connectivity index (χ4n) is 2.83. The Bertz CT molecular complexity index is 1040. The number of hydrogen-bond acceptors (Lipinski definition) is 4. The van der Waals surface area contributed by atoms with Gasteiger partial charge in [0.15, 0.2) is 0 Å². The first-order valence-corrected chi connectivity index (χ1v) is 11.2. The van der Waals surface area contributed by atoms with Gasteiger partial charge in [-0.2, -0.15) is 10.0 Å². The second-order valence-corrected chi connectivity index (χ2v) is 8.76. The summed E-state index contributed by atoms with van der Waals surface area (Å²) < 4.78 is 1.77. The zero-order valence-corrected chi connectivity index (χ0v) is 21.2. The largest absolute Gasteiger partial charge is 0.324 e. The normalized spacial score (nSPS) is 11.4. The summed E-state index contributed by atoms with van der Waals surface area (Å²) in [6, 6.07) is 9.80. The molecule has 182 valence electrons. The molecule has 2 rings (SSSR count). The van der Waals surface area contributed by atoms with E-state index in [1.54, 1.807) is 4.68 Å². The number of nitrogens with one attached hydrogen (secondary N) is 2. The minimum Gasteiger partial charge on any atom is -0.308 e. The number of carbonyl (C=O) groups excluding carboxylic acids is 1. The molecule has 1 heterocycles. The minimum atomic E-state index is -0.330. The molecule has 1 aromatic carbocycles. The van der Waals surface area contributed by atoms with Gasteiger partial charge in [0.2, 0.25) is 0 Å².